The van der Waals surface area contributed by atoms with Crippen LogP contribution >= 0.6 is 0 Å². The molecule has 1 aliphatic heterocycles. The maximum atomic E-state index is 12.7. The number of carbonyl (C=O) groups is 1. The number of aliphatic hydroxyl groups is 1. The van der Waals surface area contributed by atoms with Gasteiger partial charge in [0.15, 0.2) is 0 Å². The van der Waals surface area contributed by atoms with E-state index in [1.165, 1.54) is 0 Å². The molecule has 2 heterocycles. The van der Waals surface area contributed by atoms with E-state index in [1.807, 2.05) is 11.8 Å². The monoisotopic (exact) mass is 304 g/mol. The molecule has 2 aliphatic rings. The fourth-order valence-corrected chi connectivity index (χ4v) is 4.05. The number of rotatable bonds is 3. The van der Waals surface area contributed by atoms with Crippen LogP contribution in [0.2, 0.25) is 0 Å². The Labute approximate surface area is 131 Å². The molecule has 3 rings (SSSR count). The number of pyridine rings is 1. The number of carbonyl (C=O) groups excluding carboxylic acids is 1. The van der Waals surface area contributed by atoms with Gasteiger partial charge in [0.2, 0.25) is 0 Å². The van der Waals surface area contributed by atoms with E-state index in [1.54, 1.807) is 25.4 Å². The number of likely N-dealkylation sites (tertiary alicyclic amines) is 1. The molecule has 1 saturated carbocycles. The van der Waals surface area contributed by atoms with E-state index in [-0.39, 0.29) is 11.8 Å². The van der Waals surface area contributed by atoms with Crippen LogP contribution in [0, 0.1) is 11.8 Å². The van der Waals surface area contributed by atoms with Crippen molar-refractivity contribution in [2.75, 3.05) is 20.2 Å². The van der Waals surface area contributed by atoms with Crippen molar-refractivity contribution in [3.63, 3.8) is 0 Å². The summed E-state index contributed by atoms with van der Waals surface area (Å²) in [5, 5.41) is 10.8. The first-order chi connectivity index (χ1) is 10.6. The molecule has 0 radical (unpaired) electrons. The molecule has 5 nitrogen and oxygen atoms in total. The molecule has 1 aromatic rings. The Kier molecular flexibility index (Phi) is 4.08. The maximum Gasteiger partial charge on any atom is 0.272 e. The van der Waals surface area contributed by atoms with Crippen LogP contribution in [0.25, 0.3) is 0 Å². The predicted molar refractivity (Wildman–Crippen MR) is 82.8 cm³/mol. The average Bonchev–Trinajstić information content (AvgIpc) is 3.00. The molecule has 22 heavy (non-hydrogen) atoms. The molecular formula is C17H24N2O3. The van der Waals surface area contributed by atoms with Crippen LogP contribution in [0.5, 0.6) is 5.75 Å². The topological polar surface area (TPSA) is 62.7 Å². The second-order valence-corrected chi connectivity index (χ2v) is 6.51. The smallest absolute Gasteiger partial charge is 0.272 e. The van der Waals surface area contributed by atoms with E-state index >= 15 is 0 Å². The molecule has 0 spiro atoms. The largest absolute Gasteiger partial charge is 0.497 e. The first-order valence-electron chi connectivity index (χ1n) is 8.09. The van der Waals surface area contributed by atoms with Gasteiger partial charge < -0.3 is 14.7 Å². The van der Waals surface area contributed by atoms with Crippen molar-refractivity contribution in [1.82, 2.24) is 9.88 Å². The van der Waals surface area contributed by atoms with Gasteiger partial charge in [0.05, 0.1) is 12.7 Å². The number of nitrogens with zero attached hydrogens (tertiary/aromatic N) is 2. The van der Waals surface area contributed by atoms with Gasteiger partial charge in [-0.05, 0) is 31.2 Å². The fourth-order valence-electron chi connectivity index (χ4n) is 4.05. The molecule has 1 N–H and O–H groups in total. The van der Waals surface area contributed by atoms with Gasteiger partial charge in [0.1, 0.15) is 11.4 Å². The Bertz CT molecular complexity index is 563. The first kappa shape index (κ1) is 15.3. The maximum absolute atomic E-state index is 12.7. The van der Waals surface area contributed by atoms with Gasteiger partial charge in [-0.25, -0.2) is 0 Å². The molecule has 0 unspecified atom stereocenters. The number of methoxy groups -OCH3 is 1. The molecule has 2 fully saturated rings. The van der Waals surface area contributed by atoms with Gasteiger partial charge in [0, 0.05) is 31.3 Å². The highest BCUT2D eigenvalue weighted by atomic mass is 16.5. The van der Waals surface area contributed by atoms with Crippen molar-refractivity contribution in [3.8, 4) is 5.75 Å². The Balaban J connectivity index is 1.78. The van der Waals surface area contributed by atoms with Crippen molar-refractivity contribution in [1.29, 1.82) is 0 Å². The molecule has 120 valence electrons. The molecule has 0 bridgehead atoms. The molecular weight excluding hydrogens is 280 g/mol. The summed E-state index contributed by atoms with van der Waals surface area (Å²) in [7, 11) is 1.58. The Hall–Kier alpha value is -1.62. The normalized spacial score (nSPS) is 31.0. The second kappa shape index (κ2) is 5.88. The Morgan fingerprint density at radius 2 is 2.36 bits per heavy atom. The van der Waals surface area contributed by atoms with Crippen molar-refractivity contribution < 1.29 is 14.6 Å². The van der Waals surface area contributed by atoms with Gasteiger partial charge in [-0.3, -0.25) is 9.78 Å². The molecule has 0 aromatic carbocycles. The lowest BCUT2D eigenvalue weighted by atomic mass is 9.69. The highest BCUT2D eigenvalue weighted by molar-refractivity contribution is 5.92. The van der Waals surface area contributed by atoms with Gasteiger partial charge in [-0.15, -0.1) is 0 Å². The quantitative estimate of drug-likeness (QED) is 0.929. The summed E-state index contributed by atoms with van der Waals surface area (Å²) in [4.78, 5) is 18.7. The third-order valence-corrected chi connectivity index (χ3v) is 5.40. The predicted octanol–water partition coefficient (Wildman–Crippen LogP) is 2.10. The van der Waals surface area contributed by atoms with E-state index in [2.05, 4.69) is 4.98 Å². The number of aromatic nitrogens is 1. The van der Waals surface area contributed by atoms with E-state index in [4.69, 9.17) is 4.74 Å². The summed E-state index contributed by atoms with van der Waals surface area (Å²) in [6, 6.07) is 3.41. The van der Waals surface area contributed by atoms with Crippen LogP contribution in [0.15, 0.2) is 18.3 Å². The Morgan fingerprint density at radius 1 is 1.55 bits per heavy atom. The number of hydrogen-bond donors (Lipinski definition) is 1. The standard InChI is InChI=1S/C17H24N2O3/c1-3-17(21)7-4-5-12-10-19(11-14(12)17)16(20)15-9-13(22-2)6-8-18-15/h6,8-9,12,14,21H,3-5,7,10-11H2,1-2H3/t12-,14+,17-/m0/s1. The van der Waals surface area contributed by atoms with Gasteiger partial charge >= 0.3 is 0 Å². The lowest BCUT2D eigenvalue weighted by Gasteiger charge is -2.40. The van der Waals surface area contributed by atoms with Crippen LogP contribution in [-0.2, 0) is 0 Å². The summed E-state index contributed by atoms with van der Waals surface area (Å²) in [6.45, 7) is 3.40. The molecule has 3 atom stereocenters. The minimum atomic E-state index is -0.611. The van der Waals surface area contributed by atoms with Crippen LogP contribution < -0.4 is 4.74 Å². The summed E-state index contributed by atoms with van der Waals surface area (Å²) < 4.78 is 5.16. The summed E-state index contributed by atoms with van der Waals surface area (Å²) in [5.41, 5.74) is -0.197. The minimum absolute atomic E-state index is 0.0632. The summed E-state index contributed by atoms with van der Waals surface area (Å²) >= 11 is 0. The third kappa shape index (κ3) is 2.58. The highest BCUT2D eigenvalue weighted by Gasteiger charge is 2.48. The second-order valence-electron chi connectivity index (χ2n) is 6.51. The minimum Gasteiger partial charge on any atom is -0.497 e. The van der Waals surface area contributed by atoms with Gasteiger partial charge in [-0.2, -0.15) is 0 Å². The van der Waals surface area contributed by atoms with Crippen LogP contribution in [0.3, 0.4) is 0 Å². The number of amides is 1. The van der Waals surface area contributed by atoms with E-state index < -0.39 is 5.60 Å². The molecule has 5 heteroatoms. The van der Waals surface area contributed by atoms with E-state index in [9.17, 15) is 9.90 Å². The lowest BCUT2D eigenvalue weighted by Crippen LogP contribution is -2.44. The third-order valence-electron chi connectivity index (χ3n) is 5.40. The first-order valence-corrected chi connectivity index (χ1v) is 8.09. The van der Waals surface area contributed by atoms with E-state index in [0.717, 1.165) is 32.2 Å². The van der Waals surface area contributed by atoms with Crippen molar-refractivity contribution in [2.24, 2.45) is 11.8 Å². The van der Waals surface area contributed by atoms with Gasteiger partial charge in [-0.1, -0.05) is 13.3 Å². The zero-order valence-electron chi connectivity index (χ0n) is 13.3. The fraction of sp³-hybridized carbons (Fsp3) is 0.647. The zero-order valence-corrected chi connectivity index (χ0v) is 13.3. The van der Waals surface area contributed by atoms with Crippen LogP contribution in [0.4, 0.5) is 0 Å². The molecule has 1 saturated heterocycles. The number of ether oxygens (including phenoxy) is 1. The lowest BCUT2D eigenvalue weighted by molar-refractivity contribution is -0.0609. The van der Waals surface area contributed by atoms with Crippen molar-refractivity contribution in [3.05, 3.63) is 24.0 Å². The average molecular weight is 304 g/mol. The number of fused-ring (bicyclic) bond motifs is 1. The van der Waals surface area contributed by atoms with E-state index in [0.29, 0.717) is 23.9 Å². The van der Waals surface area contributed by atoms with Gasteiger partial charge in [0.25, 0.3) is 5.91 Å². The number of hydrogen-bond acceptors (Lipinski definition) is 4. The Morgan fingerprint density at radius 3 is 3.09 bits per heavy atom. The SMILES string of the molecule is CC[C@]1(O)CCC[C@H]2CN(C(=O)c3cc(OC)ccn3)C[C@H]21. The van der Waals surface area contributed by atoms with Crippen LogP contribution in [-0.4, -0.2) is 46.7 Å². The highest BCUT2D eigenvalue weighted by Crippen LogP contribution is 2.44. The molecule has 1 aromatic heterocycles. The van der Waals surface area contributed by atoms with Crippen LogP contribution in [0.1, 0.15) is 43.1 Å². The summed E-state index contributed by atoms with van der Waals surface area (Å²) in [5.74, 6) is 1.18. The van der Waals surface area contributed by atoms with Crippen molar-refractivity contribution in [2.45, 2.75) is 38.2 Å². The molecule has 1 aliphatic carbocycles. The molecule has 1 amide bonds. The van der Waals surface area contributed by atoms with Crippen molar-refractivity contribution >= 4 is 5.91 Å². The zero-order chi connectivity index (χ0) is 15.7. The summed E-state index contributed by atoms with van der Waals surface area (Å²) in [6.07, 6.45) is 5.35.